The van der Waals surface area contributed by atoms with Crippen LogP contribution in [0.1, 0.15) is 27.7 Å². The number of aromatic nitrogens is 4. The highest BCUT2D eigenvalue weighted by atomic mass is 32.2. The molecule has 0 saturated carbocycles. The monoisotopic (exact) mass is 345 g/mol. The van der Waals surface area contributed by atoms with Crippen LogP contribution in [0.5, 0.6) is 0 Å². The van der Waals surface area contributed by atoms with Crippen molar-refractivity contribution in [2.24, 2.45) is 0 Å². The summed E-state index contributed by atoms with van der Waals surface area (Å²) in [7, 11) is 0. The van der Waals surface area contributed by atoms with Gasteiger partial charge in [-0.1, -0.05) is 23.9 Å². The number of hydrogen-bond acceptors (Lipinski definition) is 4. The van der Waals surface area contributed by atoms with Crippen LogP contribution in [0, 0.1) is 0 Å². The van der Waals surface area contributed by atoms with Crippen LogP contribution < -0.4 is 0 Å². The molecular formula is C17H23N5OS. The van der Waals surface area contributed by atoms with Gasteiger partial charge in [0.25, 0.3) is 0 Å². The molecule has 0 aliphatic rings. The first-order valence-corrected chi connectivity index (χ1v) is 9.35. The Bertz CT molecular complexity index is 872. The number of para-hydroxylation sites is 2. The van der Waals surface area contributed by atoms with E-state index in [9.17, 15) is 4.79 Å². The molecule has 24 heavy (non-hydrogen) atoms. The Morgan fingerprint density at radius 2 is 1.75 bits per heavy atom. The molecule has 7 heteroatoms. The van der Waals surface area contributed by atoms with Crippen LogP contribution >= 0.6 is 11.8 Å². The van der Waals surface area contributed by atoms with Crippen LogP contribution in [-0.4, -0.2) is 48.3 Å². The number of hydrogen-bond donors (Lipinski definition) is 0. The number of rotatable bonds is 5. The number of carbonyl (C=O) groups excluding carboxylic acids is 1. The number of imidazole rings is 1. The second kappa shape index (κ2) is 6.47. The second-order valence-electron chi connectivity index (χ2n) is 6.39. The van der Waals surface area contributed by atoms with E-state index < -0.39 is 0 Å². The molecule has 0 unspecified atom stereocenters. The molecule has 6 nitrogen and oxygen atoms in total. The van der Waals surface area contributed by atoms with E-state index in [1.54, 1.807) is 11.8 Å². The van der Waals surface area contributed by atoms with Crippen LogP contribution in [0.25, 0.3) is 16.8 Å². The van der Waals surface area contributed by atoms with Gasteiger partial charge in [-0.15, -0.1) is 10.2 Å². The SMILES string of the molecule is CSc1nnc2n(CC(=O)N(C(C)C)C(C)C)c3ccccc3n12. The zero-order valence-corrected chi connectivity index (χ0v) is 15.5. The lowest BCUT2D eigenvalue weighted by atomic mass is 10.2. The van der Waals surface area contributed by atoms with Crippen molar-refractivity contribution in [3.8, 4) is 0 Å². The Balaban J connectivity index is 2.11. The van der Waals surface area contributed by atoms with Crippen LogP contribution in [0.2, 0.25) is 0 Å². The number of benzene rings is 1. The predicted molar refractivity (Wildman–Crippen MR) is 97.4 cm³/mol. The summed E-state index contributed by atoms with van der Waals surface area (Å²) in [5.41, 5.74) is 2.02. The van der Waals surface area contributed by atoms with Crippen molar-refractivity contribution in [2.45, 2.75) is 51.5 Å². The molecule has 0 N–H and O–H groups in total. The van der Waals surface area contributed by atoms with Gasteiger partial charge in [-0.2, -0.15) is 0 Å². The summed E-state index contributed by atoms with van der Waals surface area (Å²) in [4.78, 5) is 14.8. The lowest BCUT2D eigenvalue weighted by Gasteiger charge is -2.31. The molecule has 2 heterocycles. The smallest absolute Gasteiger partial charge is 0.243 e. The normalized spacial score (nSPS) is 12.0. The van der Waals surface area contributed by atoms with E-state index in [-0.39, 0.29) is 24.5 Å². The molecule has 128 valence electrons. The van der Waals surface area contributed by atoms with Crippen LogP contribution in [0.3, 0.4) is 0 Å². The molecule has 2 aromatic heterocycles. The van der Waals surface area contributed by atoms with Crippen molar-refractivity contribution < 1.29 is 4.79 Å². The van der Waals surface area contributed by atoms with Gasteiger partial charge in [0, 0.05) is 12.1 Å². The van der Waals surface area contributed by atoms with Crippen LogP contribution in [-0.2, 0) is 11.3 Å². The Labute approximate surface area is 145 Å². The van der Waals surface area contributed by atoms with E-state index >= 15 is 0 Å². The van der Waals surface area contributed by atoms with E-state index in [0.29, 0.717) is 5.78 Å². The van der Waals surface area contributed by atoms with E-state index in [2.05, 4.69) is 10.2 Å². The average molecular weight is 345 g/mol. The molecular weight excluding hydrogens is 322 g/mol. The van der Waals surface area contributed by atoms with Gasteiger partial charge in [-0.25, -0.2) is 0 Å². The zero-order chi connectivity index (χ0) is 17.4. The third kappa shape index (κ3) is 2.66. The molecule has 3 rings (SSSR count). The molecule has 0 atom stereocenters. The fraction of sp³-hybridized carbons (Fsp3) is 0.471. The average Bonchev–Trinajstić information content (AvgIpc) is 3.06. The highest BCUT2D eigenvalue weighted by molar-refractivity contribution is 7.98. The third-order valence-corrected chi connectivity index (χ3v) is 4.78. The van der Waals surface area contributed by atoms with E-state index in [0.717, 1.165) is 16.2 Å². The number of thioether (sulfide) groups is 1. The molecule has 3 aromatic rings. The Hall–Kier alpha value is -2.02. The van der Waals surface area contributed by atoms with Crippen molar-refractivity contribution in [2.75, 3.05) is 6.26 Å². The van der Waals surface area contributed by atoms with E-state index in [1.165, 1.54) is 0 Å². The van der Waals surface area contributed by atoms with Crippen LogP contribution in [0.4, 0.5) is 0 Å². The lowest BCUT2D eigenvalue weighted by Crippen LogP contribution is -2.43. The molecule has 0 aliphatic heterocycles. The summed E-state index contributed by atoms with van der Waals surface area (Å²) in [6, 6.07) is 8.36. The molecule has 0 saturated heterocycles. The maximum atomic E-state index is 12.9. The van der Waals surface area contributed by atoms with Crippen molar-refractivity contribution >= 4 is 34.5 Å². The van der Waals surface area contributed by atoms with Gasteiger partial charge >= 0.3 is 0 Å². The zero-order valence-electron chi connectivity index (χ0n) is 14.7. The highest BCUT2D eigenvalue weighted by Crippen LogP contribution is 2.25. The summed E-state index contributed by atoms with van der Waals surface area (Å²) >= 11 is 1.55. The molecule has 0 radical (unpaired) electrons. The topological polar surface area (TPSA) is 55.4 Å². The van der Waals surface area contributed by atoms with Gasteiger partial charge in [0.15, 0.2) is 5.16 Å². The molecule has 0 fully saturated rings. The maximum absolute atomic E-state index is 12.9. The number of fused-ring (bicyclic) bond motifs is 3. The van der Waals surface area contributed by atoms with Gasteiger partial charge in [-0.3, -0.25) is 13.8 Å². The lowest BCUT2D eigenvalue weighted by molar-refractivity contribution is -0.135. The van der Waals surface area contributed by atoms with Gasteiger partial charge < -0.3 is 4.90 Å². The minimum absolute atomic E-state index is 0.0944. The highest BCUT2D eigenvalue weighted by Gasteiger charge is 2.23. The van der Waals surface area contributed by atoms with Crippen molar-refractivity contribution in [1.29, 1.82) is 0 Å². The fourth-order valence-electron chi connectivity index (χ4n) is 3.31. The Morgan fingerprint density at radius 1 is 1.12 bits per heavy atom. The van der Waals surface area contributed by atoms with Gasteiger partial charge in [0.1, 0.15) is 6.54 Å². The van der Waals surface area contributed by atoms with Crippen LogP contribution in [0.15, 0.2) is 29.4 Å². The van der Waals surface area contributed by atoms with E-state index in [4.69, 9.17) is 0 Å². The summed E-state index contributed by atoms with van der Waals surface area (Å²) in [5, 5.41) is 9.38. The van der Waals surface area contributed by atoms with E-state index in [1.807, 2.05) is 72.1 Å². The first-order chi connectivity index (χ1) is 11.5. The summed E-state index contributed by atoms with van der Waals surface area (Å²) in [6.07, 6.45) is 1.98. The summed E-state index contributed by atoms with van der Waals surface area (Å²) in [6.45, 7) is 8.45. The molecule has 0 spiro atoms. The number of carbonyl (C=O) groups is 1. The summed E-state index contributed by atoms with van der Waals surface area (Å²) in [5.74, 6) is 0.804. The second-order valence-corrected chi connectivity index (χ2v) is 7.16. The van der Waals surface area contributed by atoms with Crippen molar-refractivity contribution in [1.82, 2.24) is 24.1 Å². The number of nitrogens with zero attached hydrogens (tertiary/aromatic N) is 5. The molecule has 0 bridgehead atoms. The van der Waals surface area contributed by atoms with Crippen molar-refractivity contribution in [3.05, 3.63) is 24.3 Å². The van der Waals surface area contributed by atoms with Gasteiger partial charge in [-0.05, 0) is 46.1 Å². The summed E-state index contributed by atoms with van der Waals surface area (Å²) < 4.78 is 3.98. The quantitative estimate of drug-likeness (QED) is 0.667. The largest absolute Gasteiger partial charge is 0.336 e. The number of amides is 1. The molecule has 1 amide bonds. The Kier molecular flexibility index (Phi) is 4.54. The van der Waals surface area contributed by atoms with Gasteiger partial charge in [0.05, 0.1) is 11.0 Å². The predicted octanol–water partition coefficient (Wildman–Crippen LogP) is 3.05. The first kappa shape index (κ1) is 16.8. The Morgan fingerprint density at radius 3 is 2.33 bits per heavy atom. The fourth-order valence-corrected chi connectivity index (χ4v) is 3.80. The molecule has 1 aromatic carbocycles. The minimum atomic E-state index is 0.0944. The third-order valence-electron chi connectivity index (χ3n) is 4.15. The van der Waals surface area contributed by atoms with Crippen molar-refractivity contribution in [3.63, 3.8) is 0 Å². The molecule has 0 aliphatic carbocycles. The van der Waals surface area contributed by atoms with Gasteiger partial charge in [0.2, 0.25) is 11.7 Å². The standard InChI is InChI=1S/C17H23N5OS/c1-11(2)21(12(3)4)15(23)10-20-13-8-6-7-9-14(13)22-16(20)18-19-17(22)24-5/h6-9,11-12H,10H2,1-5H3. The minimum Gasteiger partial charge on any atom is -0.336 e. The first-order valence-electron chi connectivity index (χ1n) is 8.13. The maximum Gasteiger partial charge on any atom is 0.243 e.